The molecule has 2 nitrogen and oxygen atoms in total. The first-order valence-corrected chi connectivity index (χ1v) is 4.34. The number of hydrogen-bond acceptors (Lipinski definition) is 0. The topological polar surface area (TPSA) is 44.6 Å². The van der Waals surface area contributed by atoms with Crippen molar-refractivity contribution in [1.29, 1.82) is 0 Å². The molecule has 0 heterocycles. The maximum Gasteiger partial charge on any atom is 0.139 e. The smallest absolute Gasteiger partial charge is 0.139 e. The highest BCUT2D eigenvalue weighted by Crippen LogP contribution is 2.20. The highest BCUT2D eigenvalue weighted by molar-refractivity contribution is 6.09. The number of nitrogens with zero attached hydrogens (tertiary/aromatic N) is 2. The third kappa shape index (κ3) is 1.69. The summed E-state index contributed by atoms with van der Waals surface area (Å²) in [7, 11) is 0. The molecule has 0 saturated carbocycles. The van der Waals surface area contributed by atoms with Crippen LogP contribution in [-0.2, 0) is 0 Å². The quantitative estimate of drug-likeness (QED) is 0.556. The van der Waals surface area contributed by atoms with Crippen molar-refractivity contribution in [1.82, 2.24) is 0 Å². The van der Waals surface area contributed by atoms with Gasteiger partial charge in [0.2, 0.25) is 0 Å². The molecule has 0 fully saturated rings. The Hall–Kier alpha value is -1.96. The summed E-state index contributed by atoms with van der Waals surface area (Å²) in [5, 5.41) is 18.2. The van der Waals surface area contributed by atoms with Crippen LogP contribution in [-0.4, -0.2) is 11.4 Å². The van der Waals surface area contributed by atoms with Crippen LogP contribution in [0.15, 0.2) is 47.6 Å². The minimum Gasteiger partial charge on any atom is -0.779 e. The highest BCUT2D eigenvalue weighted by atomic mass is 14.4. The fraction of sp³-hybridized carbons (Fsp3) is 0. The second-order valence-electron chi connectivity index (χ2n) is 3.09. The van der Waals surface area contributed by atoms with Gasteiger partial charge in [-0.05, 0) is 11.4 Å². The van der Waals surface area contributed by atoms with Gasteiger partial charge in [-0.15, -0.1) is 0 Å². The molecule has 0 aromatic rings. The second-order valence-corrected chi connectivity index (χ2v) is 3.09. The Kier molecular flexibility index (Phi) is 2.11. The zero-order valence-corrected chi connectivity index (χ0v) is 7.51. The van der Waals surface area contributed by atoms with E-state index in [0.29, 0.717) is 0 Å². The van der Waals surface area contributed by atoms with Crippen LogP contribution in [0, 0.1) is 12.8 Å². The summed E-state index contributed by atoms with van der Waals surface area (Å²) >= 11 is 0. The molecule has 0 radical (unpaired) electrons. The van der Waals surface area contributed by atoms with Crippen molar-refractivity contribution in [2.45, 2.75) is 0 Å². The zero-order chi connectivity index (χ0) is 9.97. The molecule has 0 bridgehead atoms. The van der Waals surface area contributed by atoms with Crippen LogP contribution in [0.2, 0.25) is 0 Å². The Labute approximate surface area is 83.4 Å². The van der Waals surface area contributed by atoms with E-state index in [4.69, 9.17) is 10.8 Å². The van der Waals surface area contributed by atoms with Gasteiger partial charge in [-0.1, -0.05) is 0 Å². The van der Waals surface area contributed by atoms with Gasteiger partial charge in [-0.2, -0.15) is 0 Å². The third-order valence-corrected chi connectivity index (χ3v) is 2.07. The molecule has 14 heavy (non-hydrogen) atoms. The maximum atomic E-state index is 9.11. The van der Waals surface area contributed by atoms with Crippen LogP contribution in [0.1, 0.15) is 0 Å². The van der Waals surface area contributed by atoms with Gasteiger partial charge in [0.25, 0.3) is 0 Å². The number of allylic oxidation sites excluding steroid dienone is 8. The van der Waals surface area contributed by atoms with Crippen molar-refractivity contribution in [2.75, 3.05) is 0 Å². The lowest BCUT2D eigenvalue weighted by Gasteiger charge is -2.05. The van der Waals surface area contributed by atoms with E-state index in [1.54, 1.807) is 25.0 Å². The Morgan fingerprint density at radius 2 is 1.14 bits per heavy atom. The fourth-order valence-corrected chi connectivity index (χ4v) is 1.31. The minimum absolute atomic E-state index is 0.257. The molecule has 2 aliphatic carbocycles. The molecule has 0 amide bonds. The van der Waals surface area contributed by atoms with E-state index in [1.807, 2.05) is 24.3 Å². The van der Waals surface area contributed by atoms with E-state index in [-0.39, 0.29) is 11.4 Å². The van der Waals surface area contributed by atoms with E-state index in [9.17, 15) is 0 Å². The summed E-state index contributed by atoms with van der Waals surface area (Å²) in [4.78, 5) is 0. The molecule has 0 aromatic carbocycles. The SMILES string of the molecule is [N-]=C1C=CC(C2=C[CH+]C(=[N-])C=C2)=C[CH+]1. The second kappa shape index (κ2) is 3.42. The molecule has 2 rings (SSSR count). The Morgan fingerprint density at radius 3 is 1.43 bits per heavy atom. The summed E-state index contributed by atoms with van der Waals surface area (Å²) < 4.78 is 0. The monoisotopic (exact) mass is 180 g/mol. The predicted molar refractivity (Wildman–Crippen MR) is 59.8 cm³/mol. The van der Waals surface area contributed by atoms with Crippen LogP contribution in [0.25, 0.3) is 10.8 Å². The fourth-order valence-electron chi connectivity index (χ4n) is 1.31. The molecule has 0 unspecified atom stereocenters. The first-order valence-electron chi connectivity index (χ1n) is 4.34. The summed E-state index contributed by atoms with van der Waals surface area (Å²) in [6.45, 7) is 0. The van der Waals surface area contributed by atoms with Gasteiger partial charge in [0.05, 0.1) is 24.3 Å². The Bertz CT molecular complexity index is 366. The summed E-state index contributed by atoms with van der Waals surface area (Å²) in [5.41, 5.74) is 2.55. The van der Waals surface area contributed by atoms with Crippen LogP contribution < -0.4 is 0 Å². The largest absolute Gasteiger partial charge is 0.779 e. The van der Waals surface area contributed by atoms with Crippen molar-refractivity contribution < 1.29 is 0 Å². The Morgan fingerprint density at radius 1 is 0.714 bits per heavy atom. The van der Waals surface area contributed by atoms with E-state index < -0.39 is 0 Å². The minimum atomic E-state index is 0.257. The molecular formula is C12H8N2. The normalized spacial score (nSPS) is 19.7. The van der Waals surface area contributed by atoms with Crippen LogP contribution in [0.5, 0.6) is 0 Å². The lowest BCUT2D eigenvalue weighted by molar-refractivity contribution is 1.49. The number of hydrogen-bond donors (Lipinski definition) is 0. The van der Waals surface area contributed by atoms with Gasteiger partial charge in [-0.3, -0.25) is 0 Å². The molecule has 0 aromatic heterocycles. The van der Waals surface area contributed by atoms with Crippen molar-refractivity contribution in [3.8, 4) is 0 Å². The van der Waals surface area contributed by atoms with Crippen molar-refractivity contribution >= 4 is 11.4 Å². The lowest BCUT2D eigenvalue weighted by atomic mass is 9.94. The van der Waals surface area contributed by atoms with Crippen LogP contribution in [0.4, 0.5) is 0 Å². The summed E-state index contributed by atoms with van der Waals surface area (Å²) in [6.07, 6.45) is 13.9. The van der Waals surface area contributed by atoms with Crippen molar-refractivity contribution in [3.05, 3.63) is 71.3 Å². The Balaban J connectivity index is 2.18. The molecule has 0 spiro atoms. The third-order valence-electron chi connectivity index (χ3n) is 2.07. The molecule has 2 aliphatic rings. The molecular weight excluding hydrogens is 172 g/mol. The maximum absolute atomic E-state index is 9.11. The van der Waals surface area contributed by atoms with E-state index in [2.05, 4.69) is 0 Å². The summed E-state index contributed by atoms with van der Waals surface area (Å²) in [6, 6.07) is 0. The lowest BCUT2D eigenvalue weighted by Crippen LogP contribution is -2.01. The standard InChI is InChI=1S/C12H8N2/c13-11-5-1-9(2-6-11)10-3-7-12(14)8-4-10/h1-8H. The van der Waals surface area contributed by atoms with Crippen LogP contribution in [0.3, 0.4) is 0 Å². The van der Waals surface area contributed by atoms with Gasteiger partial charge in [0.15, 0.2) is 0 Å². The predicted octanol–water partition coefficient (Wildman–Crippen LogP) is 2.41. The van der Waals surface area contributed by atoms with Gasteiger partial charge in [0, 0.05) is 25.0 Å². The average Bonchev–Trinajstić information content (AvgIpc) is 2.21. The average molecular weight is 180 g/mol. The highest BCUT2D eigenvalue weighted by Gasteiger charge is 2.16. The molecule has 0 atom stereocenters. The van der Waals surface area contributed by atoms with Gasteiger partial charge < -0.3 is 10.8 Å². The number of rotatable bonds is 1. The van der Waals surface area contributed by atoms with Crippen molar-refractivity contribution in [2.24, 2.45) is 0 Å². The van der Waals surface area contributed by atoms with Crippen LogP contribution >= 0.6 is 0 Å². The van der Waals surface area contributed by atoms with E-state index >= 15 is 0 Å². The summed E-state index contributed by atoms with van der Waals surface area (Å²) in [5.74, 6) is 0. The van der Waals surface area contributed by atoms with Gasteiger partial charge in [0.1, 0.15) is 11.1 Å². The molecule has 0 N–H and O–H groups in total. The molecule has 0 saturated heterocycles. The molecule has 66 valence electrons. The van der Waals surface area contributed by atoms with E-state index in [1.165, 1.54) is 0 Å². The first-order chi connectivity index (χ1) is 6.75. The van der Waals surface area contributed by atoms with Gasteiger partial charge >= 0.3 is 0 Å². The molecule has 2 heteroatoms. The van der Waals surface area contributed by atoms with E-state index in [0.717, 1.165) is 11.1 Å². The van der Waals surface area contributed by atoms with Crippen molar-refractivity contribution in [3.63, 3.8) is 0 Å². The van der Waals surface area contributed by atoms with Gasteiger partial charge in [-0.25, -0.2) is 0 Å². The first kappa shape index (κ1) is 8.63. The zero-order valence-electron chi connectivity index (χ0n) is 7.51. The molecule has 0 aliphatic heterocycles.